The number of imide groups is 1. The molecule has 0 saturated carbocycles. The molecule has 128 valence electrons. The fraction of sp³-hybridized carbons (Fsp3) is 0.0588. The first-order valence-electron chi connectivity index (χ1n) is 7.00. The first kappa shape index (κ1) is 18.6. The molecule has 0 spiro atoms. The van der Waals surface area contributed by atoms with Crippen LogP contribution in [0.15, 0.2) is 41.3 Å². The minimum atomic E-state index is -0.406. The lowest BCUT2D eigenvalue weighted by Gasteiger charge is -2.13. The summed E-state index contributed by atoms with van der Waals surface area (Å²) in [5.41, 5.74) is 1.21. The molecule has 0 aliphatic carbocycles. The van der Waals surface area contributed by atoms with Crippen molar-refractivity contribution >= 4 is 75.4 Å². The molecule has 2 aromatic carbocycles. The van der Waals surface area contributed by atoms with Gasteiger partial charge in [-0.3, -0.25) is 14.5 Å². The molecule has 3 rings (SSSR count). The summed E-state index contributed by atoms with van der Waals surface area (Å²) in [5.74, 6) is -0.406. The SMILES string of the molecule is O=C1S/C(=C\c2c(Cl)cccc2Cl)C(=O)N1Cc1ccc(Cl)c(Cl)c1. The summed E-state index contributed by atoms with van der Waals surface area (Å²) in [5, 5.41) is 1.22. The summed E-state index contributed by atoms with van der Waals surface area (Å²) in [7, 11) is 0. The summed E-state index contributed by atoms with van der Waals surface area (Å²) in [6.45, 7) is 0.106. The molecule has 1 heterocycles. The van der Waals surface area contributed by atoms with Gasteiger partial charge in [-0.25, -0.2) is 0 Å². The van der Waals surface area contributed by atoms with Crippen molar-refractivity contribution in [3.8, 4) is 0 Å². The molecule has 1 aliphatic rings. The van der Waals surface area contributed by atoms with E-state index in [4.69, 9.17) is 46.4 Å². The third-order valence-electron chi connectivity index (χ3n) is 3.47. The van der Waals surface area contributed by atoms with Crippen LogP contribution < -0.4 is 0 Å². The van der Waals surface area contributed by atoms with Crippen molar-refractivity contribution in [2.75, 3.05) is 0 Å². The minimum Gasteiger partial charge on any atom is -0.268 e. The highest BCUT2D eigenvalue weighted by atomic mass is 35.5. The van der Waals surface area contributed by atoms with E-state index in [1.54, 1.807) is 36.4 Å². The number of benzene rings is 2. The lowest BCUT2D eigenvalue weighted by molar-refractivity contribution is -0.123. The van der Waals surface area contributed by atoms with Crippen LogP contribution in [0.5, 0.6) is 0 Å². The number of amides is 2. The van der Waals surface area contributed by atoms with E-state index in [1.807, 2.05) is 0 Å². The number of carbonyl (C=O) groups excluding carboxylic acids is 2. The number of thioether (sulfide) groups is 1. The van der Waals surface area contributed by atoms with Gasteiger partial charge in [0.2, 0.25) is 0 Å². The lowest BCUT2D eigenvalue weighted by Crippen LogP contribution is -2.27. The Balaban J connectivity index is 1.87. The van der Waals surface area contributed by atoms with Gasteiger partial charge in [0.05, 0.1) is 21.5 Å². The van der Waals surface area contributed by atoms with Crippen molar-refractivity contribution in [1.29, 1.82) is 0 Å². The number of rotatable bonds is 3. The van der Waals surface area contributed by atoms with Crippen LogP contribution in [0.1, 0.15) is 11.1 Å². The molecule has 0 bridgehead atoms. The van der Waals surface area contributed by atoms with Crippen LogP contribution in [0, 0.1) is 0 Å². The zero-order valence-corrected chi connectivity index (χ0v) is 16.3. The molecule has 0 atom stereocenters. The van der Waals surface area contributed by atoms with E-state index in [1.165, 1.54) is 6.08 Å². The van der Waals surface area contributed by atoms with E-state index in [0.29, 0.717) is 31.2 Å². The van der Waals surface area contributed by atoms with Crippen molar-refractivity contribution in [3.05, 3.63) is 72.5 Å². The van der Waals surface area contributed by atoms with Gasteiger partial charge in [0.1, 0.15) is 0 Å². The molecular formula is C17H9Cl4NO2S. The van der Waals surface area contributed by atoms with Crippen LogP contribution >= 0.6 is 58.2 Å². The topological polar surface area (TPSA) is 37.4 Å². The van der Waals surface area contributed by atoms with Crippen LogP contribution in [-0.2, 0) is 11.3 Å². The maximum absolute atomic E-state index is 12.6. The maximum atomic E-state index is 12.6. The highest BCUT2D eigenvalue weighted by Gasteiger charge is 2.35. The van der Waals surface area contributed by atoms with Crippen LogP contribution in [0.2, 0.25) is 20.1 Å². The number of hydrogen-bond acceptors (Lipinski definition) is 3. The summed E-state index contributed by atoms with van der Waals surface area (Å²) in [6.07, 6.45) is 1.53. The van der Waals surface area contributed by atoms with Crippen molar-refractivity contribution in [2.24, 2.45) is 0 Å². The second-order valence-electron chi connectivity index (χ2n) is 5.15. The standard InChI is InChI=1S/C17H9Cl4NO2S/c18-11-2-1-3-12(19)10(11)7-15-16(23)22(17(24)25-15)8-9-4-5-13(20)14(21)6-9/h1-7H,8H2/b15-7-. The molecule has 2 amide bonds. The van der Waals surface area contributed by atoms with Gasteiger partial charge in [0.25, 0.3) is 11.1 Å². The Labute approximate surface area is 168 Å². The molecule has 0 aromatic heterocycles. The average Bonchev–Trinajstić information content (AvgIpc) is 2.82. The third kappa shape index (κ3) is 3.99. The molecule has 1 aliphatic heterocycles. The predicted octanol–water partition coefficient (Wildman–Crippen LogP) is 6.54. The summed E-state index contributed by atoms with van der Waals surface area (Å²) < 4.78 is 0. The smallest absolute Gasteiger partial charge is 0.268 e. The second-order valence-corrected chi connectivity index (χ2v) is 7.77. The van der Waals surface area contributed by atoms with Gasteiger partial charge in [-0.15, -0.1) is 0 Å². The highest BCUT2D eigenvalue weighted by Crippen LogP contribution is 2.36. The van der Waals surface area contributed by atoms with Gasteiger partial charge >= 0.3 is 0 Å². The van der Waals surface area contributed by atoms with E-state index >= 15 is 0 Å². The van der Waals surface area contributed by atoms with Gasteiger partial charge in [-0.2, -0.15) is 0 Å². The first-order valence-corrected chi connectivity index (χ1v) is 9.33. The van der Waals surface area contributed by atoms with Gasteiger partial charge in [0.15, 0.2) is 0 Å². The highest BCUT2D eigenvalue weighted by molar-refractivity contribution is 8.18. The number of nitrogens with zero attached hydrogens (tertiary/aromatic N) is 1. The van der Waals surface area contributed by atoms with Gasteiger partial charge < -0.3 is 0 Å². The normalized spacial score (nSPS) is 16.2. The quantitative estimate of drug-likeness (QED) is 0.517. The Bertz CT molecular complexity index is 893. The Kier molecular flexibility index (Phi) is 5.66. The van der Waals surface area contributed by atoms with E-state index in [9.17, 15) is 9.59 Å². The van der Waals surface area contributed by atoms with E-state index in [0.717, 1.165) is 16.7 Å². The molecule has 0 unspecified atom stereocenters. The van der Waals surface area contributed by atoms with E-state index in [2.05, 4.69) is 0 Å². The molecule has 2 aromatic rings. The van der Waals surface area contributed by atoms with Crippen molar-refractivity contribution in [3.63, 3.8) is 0 Å². The summed E-state index contributed by atoms with van der Waals surface area (Å²) in [4.78, 5) is 26.2. The third-order valence-corrected chi connectivity index (χ3v) is 5.78. The van der Waals surface area contributed by atoms with Crippen LogP contribution in [-0.4, -0.2) is 16.0 Å². The van der Waals surface area contributed by atoms with Crippen molar-refractivity contribution in [2.45, 2.75) is 6.54 Å². The lowest BCUT2D eigenvalue weighted by atomic mass is 10.2. The average molecular weight is 433 g/mol. The fourth-order valence-electron chi connectivity index (χ4n) is 2.24. The Morgan fingerprint density at radius 3 is 2.24 bits per heavy atom. The molecule has 1 fully saturated rings. The minimum absolute atomic E-state index is 0.106. The molecule has 1 saturated heterocycles. The Morgan fingerprint density at radius 1 is 0.920 bits per heavy atom. The molecule has 25 heavy (non-hydrogen) atoms. The zero-order valence-electron chi connectivity index (χ0n) is 12.4. The largest absolute Gasteiger partial charge is 0.293 e. The molecule has 0 radical (unpaired) electrons. The predicted molar refractivity (Wildman–Crippen MR) is 104 cm³/mol. The van der Waals surface area contributed by atoms with Crippen LogP contribution in [0.25, 0.3) is 6.08 Å². The monoisotopic (exact) mass is 431 g/mol. The van der Waals surface area contributed by atoms with Gasteiger partial charge in [-0.1, -0.05) is 58.5 Å². The number of hydrogen-bond donors (Lipinski definition) is 0. The summed E-state index contributed by atoms with van der Waals surface area (Å²) >= 11 is 24.9. The fourth-order valence-corrected chi connectivity index (χ4v) is 3.88. The Morgan fingerprint density at radius 2 is 1.60 bits per heavy atom. The van der Waals surface area contributed by atoms with Crippen LogP contribution in [0.4, 0.5) is 4.79 Å². The molecular weight excluding hydrogens is 424 g/mol. The van der Waals surface area contributed by atoms with Crippen molar-refractivity contribution in [1.82, 2.24) is 4.90 Å². The Hall–Kier alpha value is -1.17. The number of halogens is 4. The van der Waals surface area contributed by atoms with Crippen LogP contribution in [0.3, 0.4) is 0 Å². The maximum Gasteiger partial charge on any atom is 0.293 e. The second kappa shape index (κ2) is 7.60. The van der Waals surface area contributed by atoms with E-state index < -0.39 is 5.91 Å². The van der Waals surface area contributed by atoms with Crippen molar-refractivity contribution < 1.29 is 9.59 Å². The zero-order chi connectivity index (χ0) is 18.1. The van der Waals surface area contributed by atoms with E-state index in [-0.39, 0.29) is 16.7 Å². The van der Waals surface area contributed by atoms with Gasteiger partial charge in [-0.05, 0) is 47.7 Å². The first-order chi connectivity index (χ1) is 11.9. The molecule has 0 N–H and O–H groups in total. The molecule has 3 nitrogen and oxygen atoms in total. The number of carbonyl (C=O) groups is 2. The molecule has 8 heteroatoms. The van der Waals surface area contributed by atoms with Gasteiger partial charge in [0, 0.05) is 15.6 Å². The summed E-state index contributed by atoms with van der Waals surface area (Å²) in [6, 6.07) is 10.0.